The topological polar surface area (TPSA) is 33.5 Å². The number of hydrogen-bond acceptors (Lipinski definition) is 1. The SMILES string of the molecule is CC[NH+](CCC(=O)Nc1ccccc1F)Cc1ccccc1. The highest BCUT2D eigenvalue weighted by molar-refractivity contribution is 5.90. The third-order valence-corrected chi connectivity index (χ3v) is 3.65. The standard InChI is InChI=1S/C18H21FN2O/c1-2-21(14-15-8-4-3-5-9-15)13-12-18(22)20-17-11-7-6-10-16(17)19/h3-11H,2,12-14H2,1H3,(H,20,22)/p+1. The van der Waals surface area contributed by atoms with Gasteiger partial charge in [-0.25, -0.2) is 4.39 Å². The Morgan fingerprint density at radius 1 is 1.09 bits per heavy atom. The Balaban J connectivity index is 1.83. The van der Waals surface area contributed by atoms with Gasteiger partial charge < -0.3 is 10.2 Å². The van der Waals surface area contributed by atoms with Gasteiger partial charge in [0.2, 0.25) is 5.91 Å². The van der Waals surface area contributed by atoms with E-state index in [0.717, 1.165) is 19.6 Å². The Hall–Kier alpha value is -2.20. The number of hydrogen-bond donors (Lipinski definition) is 2. The monoisotopic (exact) mass is 301 g/mol. The number of quaternary nitrogens is 1. The largest absolute Gasteiger partial charge is 0.331 e. The molecule has 0 saturated carbocycles. The van der Waals surface area contributed by atoms with Gasteiger partial charge in [0.15, 0.2) is 0 Å². The van der Waals surface area contributed by atoms with Crippen molar-refractivity contribution < 1.29 is 14.1 Å². The van der Waals surface area contributed by atoms with Crippen molar-refractivity contribution in [3.63, 3.8) is 0 Å². The number of amides is 1. The van der Waals surface area contributed by atoms with Crippen molar-refractivity contribution in [3.8, 4) is 0 Å². The lowest BCUT2D eigenvalue weighted by Crippen LogP contribution is -3.10. The van der Waals surface area contributed by atoms with E-state index in [1.807, 2.05) is 18.2 Å². The summed E-state index contributed by atoms with van der Waals surface area (Å²) in [5, 5.41) is 2.63. The molecule has 0 saturated heterocycles. The molecule has 2 rings (SSSR count). The zero-order valence-corrected chi connectivity index (χ0v) is 12.8. The summed E-state index contributed by atoms with van der Waals surface area (Å²) in [6.45, 7) is 4.67. The third-order valence-electron chi connectivity index (χ3n) is 3.65. The molecular formula is C18H22FN2O+. The van der Waals surface area contributed by atoms with Crippen LogP contribution in [0.2, 0.25) is 0 Å². The lowest BCUT2D eigenvalue weighted by Gasteiger charge is -2.17. The molecule has 1 amide bonds. The minimum absolute atomic E-state index is 0.149. The summed E-state index contributed by atoms with van der Waals surface area (Å²) in [5.41, 5.74) is 1.50. The number of carbonyl (C=O) groups is 1. The molecule has 0 radical (unpaired) electrons. The van der Waals surface area contributed by atoms with Gasteiger partial charge in [-0.05, 0) is 19.1 Å². The van der Waals surface area contributed by atoms with Crippen molar-refractivity contribution in [2.24, 2.45) is 0 Å². The van der Waals surface area contributed by atoms with Crippen LogP contribution < -0.4 is 10.2 Å². The number of benzene rings is 2. The van der Waals surface area contributed by atoms with Crippen LogP contribution in [0.5, 0.6) is 0 Å². The van der Waals surface area contributed by atoms with E-state index in [0.29, 0.717) is 6.42 Å². The fourth-order valence-corrected chi connectivity index (χ4v) is 2.34. The summed E-state index contributed by atoms with van der Waals surface area (Å²) >= 11 is 0. The van der Waals surface area contributed by atoms with Gasteiger partial charge in [0.1, 0.15) is 12.4 Å². The summed E-state index contributed by atoms with van der Waals surface area (Å²) < 4.78 is 13.5. The van der Waals surface area contributed by atoms with Gasteiger partial charge in [-0.15, -0.1) is 0 Å². The Labute approximate surface area is 130 Å². The first-order valence-electron chi connectivity index (χ1n) is 7.61. The van der Waals surface area contributed by atoms with Crippen molar-refractivity contribution in [2.75, 3.05) is 18.4 Å². The predicted molar refractivity (Wildman–Crippen MR) is 86.2 cm³/mol. The number of anilines is 1. The van der Waals surface area contributed by atoms with Crippen LogP contribution in [0.4, 0.5) is 10.1 Å². The van der Waals surface area contributed by atoms with E-state index < -0.39 is 5.82 Å². The van der Waals surface area contributed by atoms with Crippen LogP contribution >= 0.6 is 0 Å². The molecule has 0 bridgehead atoms. The number of halogens is 1. The number of para-hydroxylation sites is 1. The molecule has 3 nitrogen and oxygen atoms in total. The molecule has 0 aromatic heterocycles. The third kappa shape index (κ3) is 4.97. The van der Waals surface area contributed by atoms with E-state index in [4.69, 9.17) is 0 Å². The maximum absolute atomic E-state index is 13.5. The van der Waals surface area contributed by atoms with Crippen LogP contribution in [0.3, 0.4) is 0 Å². The van der Waals surface area contributed by atoms with Crippen molar-refractivity contribution in [2.45, 2.75) is 19.9 Å². The molecule has 0 aliphatic carbocycles. The number of carbonyl (C=O) groups excluding carboxylic acids is 1. The lowest BCUT2D eigenvalue weighted by molar-refractivity contribution is -0.911. The minimum atomic E-state index is -0.403. The van der Waals surface area contributed by atoms with Gasteiger partial charge in [-0.1, -0.05) is 42.5 Å². The number of rotatable bonds is 7. The molecule has 0 fully saturated rings. The fraction of sp³-hybridized carbons (Fsp3) is 0.278. The van der Waals surface area contributed by atoms with Gasteiger partial charge in [-0.2, -0.15) is 0 Å². The first kappa shape index (κ1) is 16.2. The Morgan fingerprint density at radius 2 is 1.77 bits per heavy atom. The molecule has 2 aromatic carbocycles. The van der Waals surface area contributed by atoms with Gasteiger partial charge in [0, 0.05) is 5.56 Å². The fourth-order valence-electron chi connectivity index (χ4n) is 2.34. The van der Waals surface area contributed by atoms with E-state index in [-0.39, 0.29) is 11.6 Å². The van der Waals surface area contributed by atoms with Crippen LogP contribution in [0.1, 0.15) is 18.9 Å². The van der Waals surface area contributed by atoms with Gasteiger partial charge in [-0.3, -0.25) is 4.79 Å². The van der Waals surface area contributed by atoms with Crippen LogP contribution in [-0.4, -0.2) is 19.0 Å². The van der Waals surface area contributed by atoms with E-state index >= 15 is 0 Å². The first-order chi connectivity index (χ1) is 10.7. The highest BCUT2D eigenvalue weighted by atomic mass is 19.1. The average molecular weight is 301 g/mol. The molecule has 1 atom stereocenters. The smallest absolute Gasteiger partial charge is 0.230 e. The maximum atomic E-state index is 13.5. The molecule has 4 heteroatoms. The lowest BCUT2D eigenvalue weighted by atomic mass is 10.2. The van der Waals surface area contributed by atoms with E-state index in [2.05, 4.69) is 24.4 Å². The van der Waals surface area contributed by atoms with Crippen molar-refractivity contribution >= 4 is 11.6 Å². The molecule has 0 heterocycles. The second kappa shape index (κ2) is 8.29. The first-order valence-corrected chi connectivity index (χ1v) is 7.61. The molecule has 116 valence electrons. The summed E-state index contributed by atoms with van der Waals surface area (Å²) in [6, 6.07) is 16.4. The molecule has 0 aliphatic heterocycles. The Kier molecular flexibility index (Phi) is 6.10. The van der Waals surface area contributed by atoms with E-state index in [9.17, 15) is 9.18 Å². The molecule has 0 spiro atoms. The van der Waals surface area contributed by atoms with Gasteiger partial charge >= 0.3 is 0 Å². The second-order valence-corrected chi connectivity index (χ2v) is 5.29. The quantitative estimate of drug-likeness (QED) is 0.808. The summed E-state index contributed by atoms with van der Waals surface area (Å²) in [5.74, 6) is -0.552. The molecule has 22 heavy (non-hydrogen) atoms. The molecule has 0 aliphatic rings. The maximum Gasteiger partial charge on any atom is 0.230 e. The minimum Gasteiger partial charge on any atom is -0.331 e. The molecule has 2 aromatic rings. The van der Waals surface area contributed by atoms with Crippen molar-refractivity contribution in [1.82, 2.24) is 0 Å². The zero-order chi connectivity index (χ0) is 15.8. The highest BCUT2D eigenvalue weighted by Crippen LogP contribution is 2.12. The molecular weight excluding hydrogens is 279 g/mol. The van der Waals surface area contributed by atoms with Crippen molar-refractivity contribution in [1.29, 1.82) is 0 Å². The normalized spacial score (nSPS) is 11.9. The van der Waals surface area contributed by atoms with Gasteiger partial charge in [0.05, 0.1) is 25.2 Å². The van der Waals surface area contributed by atoms with Crippen molar-refractivity contribution in [3.05, 3.63) is 66.0 Å². The summed E-state index contributed by atoms with van der Waals surface area (Å²) in [4.78, 5) is 13.3. The predicted octanol–water partition coefficient (Wildman–Crippen LogP) is 2.26. The number of nitrogens with one attached hydrogen (secondary N) is 2. The summed E-state index contributed by atoms with van der Waals surface area (Å²) in [6.07, 6.45) is 0.379. The zero-order valence-electron chi connectivity index (χ0n) is 12.8. The van der Waals surface area contributed by atoms with E-state index in [1.54, 1.807) is 18.2 Å². The van der Waals surface area contributed by atoms with Gasteiger partial charge in [0.25, 0.3) is 0 Å². The highest BCUT2D eigenvalue weighted by Gasteiger charge is 2.12. The summed E-state index contributed by atoms with van der Waals surface area (Å²) in [7, 11) is 0. The van der Waals surface area contributed by atoms with Crippen LogP contribution in [0.15, 0.2) is 54.6 Å². The van der Waals surface area contributed by atoms with E-state index in [1.165, 1.54) is 16.5 Å². The van der Waals surface area contributed by atoms with Crippen LogP contribution in [-0.2, 0) is 11.3 Å². The molecule has 1 unspecified atom stereocenters. The molecule has 2 N–H and O–H groups in total. The Bertz CT molecular complexity index is 601. The van der Waals surface area contributed by atoms with Crippen LogP contribution in [0.25, 0.3) is 0 Å². The van der Waals surface area contributed by atoms with Crippen LogP contribution in [0, 0.1) is 5.82 Å². The Morgan fingerprint density at radius 3 is 2.45 bits per heavy atom. The average Bonchev–Trinajstić information content (AvgIpc) is 2.54. The second-order valence-electron chi connectivity index (χ2n) is 5.29.